The number of nitrogens with two attached hydrogens (primary N) is 1. The molecule has 0 spiro atoms. The highest BCUT2D eigenvalue weighted by Gasteiger charge is 2.12. The normalized spacial score (nSPS) is 11.1. The fourth-order valence-electron chi connectivity index (χ4n) is 1.63. The maximum absolute atomic E-state index is 6.00. The Morgan fingerprint density at radius 2 is 2.00 bits per heavy atom. The minimum absolute atomic E-state index is 0.597. The van der Waals surface area contributed by atoms with Gasteiger partial charge in [0.15, 0.2) is 5.82 Å². The largest absolute Gasteiger partial charge is 0.382 e. The lowest BCUT2D eigenvalue weighted by molar-refractivity contribution is 0.985. The maximum Gasteiger partial charge on any atom is 0.214 e. The molecule has 4 nitrogen and oxygen atoms in total. The van der Waals surface area contributed by atoms with E-state index in [0.717, 1.165) is 16.2 Å². The molecule has 0 aliphatic rings. The van der Waals surface area contributed by atoms with E-state index < -0.39 is 0 Å². The van der Waals surface area contributed by atoms with Gasteiger partial charge in [-0.15, -0.1) is 0 Å². The highest BCUT2D eigenvalue weighted by atomic mass is 32.1. The summed E-state index contributed by atoms with van der Waals surface area (Å²) in [6.45, 7) is 2.06. The first-order chi connectivity index (χ1) is 7.75. The zero-order valence-electron chi connectivity index (χ0n) is 8.71. The molecule has 80 valence electrons. The number of rotatable bonds is 1. The first kappa shape index (κ1) is 9.35. The number of nitrogens with zero attached hydrogens (tertiary/aromatic N) is 3. The summed E-state index contributed by atoms with van der Waals surface area (Å²) in [5.74, 6) is 0.597. The summed E-state index contributed by atoms with van der Waals surface area (Å²) < 4.78 is 1.67. The third-order valence-electron chi connectivity index (χ3n) is 2.51. The van der Waals surface area contributed by atoms with E-state index in [1.807, 2.05) is 12.1 Å². The Balaban J connectivity index is 2.21. The molecular formula is C11H10N4S. The van der Waals surface area contributed by atoms with E-state index in [9.17, 15) is 0 Å². The lowest BCUT2D eigenvalue weighted by Crippen LogP contribution is -1.94. The average molecular weight is 230 g/mol. The molecule has 0 bridgehead atoms. The van der Waals surface area contributed by atoms with Crippen molar-refractivity contribution in [3.8, 4) is 11.3 Å². The first-order valence-corrected chi connectivity index (χ1v) is 5.78. The van der Waals surface area contributed by atoms with Crippen LogP contribution in [-0.2, 0) is 0 Å². The number of nitrogen functional groups attached to an aromatic ring is 1. The van der Waals surface area contributed by atoms with Gasteiger partial charge >= 0.3 is 0 Å². The van der Waals surface area contributed by atoms with Gasteiger partial charge in [-0.25, -0.2) is 4.98 Å². The van der Waals surface area contributed by atoms with Gasteiger partial charge < -0.3 is 5.73 Å². The standard InChI is InChI=1S/C11H10N4S/c1-7-2-4-8(5-3-7)9-10(12)15-11(14-9)16-6-13-15/h2-6H,12H2,1H3. The highest BCUT2D eigenvalue weighted by Crippen LogP contribution is 2.27. The Morgan fingerprint density at radius 1 is 1.25 bits per heavy atom. The molecule has 0 fully saturated rings. The van der Waals surface area contributed by atoms with Crippen molar-refractivity contribution in [3.63, 3.8) is 0 Å². The van der Waals surface area contributed by atoms with Gasteiger partial charge in [0.05, 0.1) is 0 Å². The van der Waals surface area contributed by atoms with Gasteiger partial charge in [0.1, 0.15) is 11.2 Å². The van der Waals surface area contributed by atoms with E-state index in [1.54, 1.807) is 10.0 Å². The monoisotopic (exact) mass is 230 g/mol. The molecule has 0 aliphatic carbocycles. The Bertz CT molecular complexity index is 636. The lowest BCUT2D eigenvalue weighted by atomic mass is 10.1. The number of benzene rings is 1. The van der Waals surface area contributed by atoms with Crippen LogP contribution >= 0.6 is 11.3 Å². The molecule has 0 saturated heterocycles. The zero-order chi connectivity index (χ0) is 11.1. The molecule has 2 aromatic heterocycles. The Morgan fingerprint density at radius 3 is 2.69 bits per heavy atom. The smallest absolute Gasteiger partial charge is 0.214 e. The second-order valence-electron chi connectivity index (χ2n) is 3.64. The molecule has 16 heavy (non-hydrogen) atoms. The SMILES string of the molecule is Cc1ccc(-c2nc3scnn3c2N)cc1. The predicted octanol–water partition coefficient (Wildman–Crippen LogP) is 2.35. The van der Waals surface area contributed by atoms with Crippen LogP contribution in [-0.4, -0.2) is 14.6 Å². The van der Waals surface area contributed by atoms with Gasteiger partial charge in [0, 0.05) is 5.56 Å². The molecular weight excluding hydrogens is 220 g/mol. The Kier molecular flexibility index (Phi) is 1.94. The van der Waals surface area contributed by atoms with E-state index >= 15 is 0 Å². The maximum atomic E-state index is 6.00. The van der Waals surface area contributed by atoms with Crippen LogP contribution in [0.25, 0.3) is 16.2 Å². The molecule has 3 aromatic rings. The van der Waals surface area contributed by atoms with Crippen molar-refractivity contribution in [3.05, 3.63) is 35.3 Å². The number of anilines is 1. The minimum Gasteiger partial charge on any atom is -0.382 e. The van der Waals surface area contributed by atoms with Crippen molar-refractivity contribution in [1.29, 1.82) is 0 Å². The summed E-state index contributed by atoms with van der Waals surface area (Å²) in [5, 5.41) is 4.13. The van der Waals surface area contributed by atoms with E-state index in [4.69, 9.17) is 5.73 Å². The summed E-state index contributed by atoms with van der Waals surface area (Å²) in [5.41, 5.74) is 10.8. The van der Waals surface area contributed by atoms with Gasteiger partial charge in [-0.05, 0) is 6.92 Å². The van der Waals surface area contributed by atoms with E-state index in [1.165, 1.54) is 16.9 Å². The Labute approximate surface area is 96.4 Å². The quantitative estimate of drug-likeness (QED) is 0.698. The van der Waals surface area contributed by atoms with Crippen molar-refractivity contribution in [1.82, 2.24) is 14.6 Å². The van der Waals surface area contributed by atoms with E-state index in [-0.39, 0.29) is 0 Å². The number of hydrogen-bond donors (Lipinski definition) is 1. The zero-order valence-corrected chi connectivity index (χ0v) is 9.53. The molecule has 0 unspecified atom stereocenters. The van der Waals surface area contributed by atoms with Crippen molar-refractivity contribution in [2.75, 3.05) is 5.73 Å². The number of hydrogen-bond acceptors (Lipinski definition) is 4. The van der Waals surface area contributed by atoms with Crippen LogP contribution in [0.4, 0.5) is 5.82 Å². The number of aryl methyl sites for hydroxylation is 1. The van der Waals surface area contributed by atoms with E-state index in [2.05, 4.69) is 29.1 Å². The number of aromatic nitrogens is 3. The van der Waals surface area contributed by atoms with Crippen LogP contribution in [0.5, 0.6) is 0 Å². The Hall–Kier alpha value is -1.88. The van der Waals surface area contributed by atoms with Crippen molar-refractivity contribution < 1.29 is 0 Å². The van der Waals surface area contributed by atoms with Gasteiger partial charge in [-0.1, -0.05) is 41.2 Å². The fourth-order valence-corrected chi connectivity index (χ4v) is 2.26. The van der Waals surface area contributed by atoms with Crippen LogP contribution in [0, 0.1) is 6.92 Å². The second-order valence-corrected chi connectivity index (χ2v) is 4.46. The van der Waals surface area contributed by atoms with Crippen LogP contribution in [0.3, 0.4) is 0 Å². The summed E-state index contributed by atoms with van der Waals surface area (Å²) in [6, 6.07) is 8.15. The highest BCUT2D eigenvalue weighted by molar-refractivity contribution is 7.14. The van der Waals surface area contributed by atoms with Gasteiger partial charge in [0.25, 0.3) is 0 Å². The summed E-state index contributed by atoms with van der Waals surface area (Å²) >= 11 is 1.48. The van der Waals surface area contributed by atoms with Crippen LogP contribution in [0.1, 0.15) is 5.56 Å². The number of imidazole rings is 1. The van der Waals surface area contributed by atoms with Gasteiger partial charge in [0.2, 0.25) is 4.96 Å². The van der Waals surface area contributed by atoms with Crippen LogP contribution in [0.2, 0.25) is 0 Å². The number of fused-ring (bicyclic) bond motifs is 1. The molecule has 0 radical (unpaired) electrons. The fraction of sp³-hybridized carbons (Fsp3) is 0.0909. The molecule has 0 aliphatic heterocycles. The lowest BCUT2D eigenvalue weighted by Gasteiger charge is -1.99. The van der Waals surface area contributed by atoms with Crippen molar-refractivity contribution in [2.24, 2.45) is 0 Å². The predicted molar refractivity (Wildman–Crippen MR) is 65.4 cm³/mol. The molecule has 0 amide bonds. The van der Waals surface area contributed by atoms with Gasteiger partial charge in [-0.3, -0.25) is 0 Å². The van der Waals surface area contributed by atoms with Crippen molar-refractivity contribution >= 4 is 22.1 Å². The summed E-state index contributed by atoms with van der Waals surface area (Å²) in [7, 11) is 0. The average Bonchev–Trinajstić information content (AvgIpc) is 2.84. The molecule has 0 atom stereocenters. The molecule has 1 aromatic carbocycles. The molecule has 3 rings (SSSR count). The van der Waals surface area contributed by atoms with Crippen LogP contribution < -0.4 is 5.73 Å². The minimum atomic E-state index is 0.597. The molecule has 5 heteroatoms. The van der Waals surface area contributed by atoms with E-state index in [0.29, 0.717) is 5.82 Å². The molecule has 2 heterocycles. The summed E-state index contributed by atoms with van der Waals surface area (Å²) in [6.07, 6.45) is 0. The van der Waals surface area contributed by atoms with Gasteiger partial charge in [-0.2, -0.15) is 9.61 Å². The molecule has 0 saturated carbocycles. The van der Waals surface area contributed by atoms with Crippen molar-refractivity contribution in [2.45, 2.75) is 6.92 Å². The third-order valence-corrected chi connectivity index (χ3v) is 3.18. The second kappa shape index (κ2) is 3.31. The summed E-state index contributed by atoms with van der Waals surface area (Å²) in [4.78, 5) is 5.29. The molecule has 2 N–H and O–H groups in total. The topological polar surface area (TPSA) is 56.2 Å². The first-order valence-electron chi connectivity index (χ1n) is 4.90. The third kappa shape index (κ3) is 1.29. The van der Waals surface area contributed by atoms with Crippen LogP contribution in [0.15, 0.2) is 29.8 Å².